The maximum absolute atomic E-state index is 12.8. The molecular weight excluding hydrogens is 388 g/mol. The molecule has 2 aromatic carbocycles. The Balaban J connectivity index is 2.03. The number of carbonyl (C=O) groups excluding carboxylic acids is 1. The van der Waals surface area contributed by atoms with Crippen LogP contribution >= 0.6 is 0 Å². The molecule has 10 nitrogen and oxygen atoms in total. The minimum absolute atomic E-state index is 0.0353. The lowest BCUT2D eigenvalue weighted by atomic mass is 10.1. The molecule has 1 amide bonds. The number of aromatic hydroxyl groups is 1. The average molecular weight is 406 g/mol. The summed E-state index contributed by atoms with van der Waals surface area (Å²) in [7, 11) is 1.54. The number of amides is 1. The van der Waals surface area contributed by atoms with E-state index in [1.807, 2.05) is 0 Å². The van der Waals surface area contributed by atoms with Crippen LogP contribution in [0, 0.1) is 0 Å². The summed E-state index contributed by atoms with van der Waals surface area (Å²) >= 11 is 0. The van der Waals surface area contributed by atoms with Crippen molar-refractivity contribution in [3.63, 3.8) is 0 Å². The summed E-state index contributed by atoms with van der Waals surface area (Å²) in [5, 5.41) is 12.3. The highest BCUT2D eigenvalue weighted by Crippen LogP contribution is 2.28. The van der Waals surface area contributed by atoms with E-state index in [0.29, 0.717) is 29.0 Å². The molecule has 0 aliphatic carbocycles. The molecule has 0 fully saturated rings. The van der Waals surface area contributed by atoms with Gasteiger partial charge in [-0.15, -0.1) is 0 Å². The first-order chi connectivity index (χ1) is 14.5. The van der Waals surface area contributed by atoms with Crippen molar-refractivity contribution in [1.82, 2.24) is 19.5 Å². The number of nitrogens with two attached hydrogens (primary N) is 1. The van der Waals surface area contributed by atoms with Crippen LogP contribution in [0.5, 0.6) is 11.5 Å². The van der Waals surface area contributed by atoms with E-state index in [4.69, 9.17) is 10.5 Å². The van der Waals surface area contributed by atoms with Crippen molar-refractivity contribution in [2.75, 3.05) is 12.4 Å². The Labute approximate surface area is 170 Å². The third kappa shape index (κ3) is 3.25. The van der Waals surface area contributed by atoms with E-state index in [-0.39, 0.29) is 35.1 Å². The average Bonchev–Trinajstić information content (AvgIpc) is 3.09. The van der Waals surface area contributed by atoms with Crippen LogP contribution in [0.15, 0.2) is 47.3 Å². The molecule has 2 heterocycles. The number of nitrogens with one attached hydrogen (secondary N) is 2. The lowest BCUT2D eigenvalue weighted by Crippen LogP contribution is -2.17. The van der Waals surface area contributed by atoms with Gasteiger partial charge in [0.05, 0.1) is 12.8 Å². The van der Waals surface area contributed by atoms with Gasteiger partial charge in [-0.3, -0.25) is 4.79 Å². The van der Waals surface area contributed by atoms with E-state index in [9.17, 15) is 14.7 Å². The van der Waals surface area contributed by atoms with Gasteiger partial charge in [-0.1, -0.05) is 12.1 Å². The number of H-pyrrole nitrogens is 1. The fraction of sp³-hybridized carbons (Fsp3) is 0.100. The van der Waals surface area contributed by atoms with Crippen LogP contribution in [0.1, 0.15) is 5.56 Å². The summed E-state index contributed by atoms with van der Waals surface area (Å²) in [5.41, 5.74) is 7.63. The van der Waals surface area contributed by atoms with Gasteiger partial charge in [0, 0.05) is 12.1 Å². The second-order valence-electron chi connectivity index (χ2n) is 6.37. The molecule has 0 spiro atoms. The summed E-state index contributed by atoms with van der Waals surface area (Å²) < 4.78 is 6.60. The zero-order chi connectivity index (χ0) is 21.3. The van der Waals surface area contributed by atoms with E-state index >= 15 is 0 Å². The number of aromatic amines is 1. The smallest absolute Gasteiger partial charge is 0.332 e. The topological polar surface area (TPSA) is 148 Å². The molecule has 0 unspecified atom stereocenters. The molecule has 30 heavy (non-hydrogen) atoms. The fourth-order valence-electron chi connectivity index (χ4n) is 3.21. The first-order valence-corrected chi connectivity index (χ1v) is 8.95. The minimum Gasteiger partial charge on any atom is -0.508 e. The van der Waals surface area contributed by atoms with Crippen LogP contribution in [0.25, 0.3) is 28.2 Å². The summed E-state index contributed by atoms with van der Waals surface area (Å²) in [4.78, 5) is 35.5. The van der Waals surface area contributed by atoms with Gasteiger partial charge in [0.2, 0.25) is 6.41 Å². The van der Waals surface area contributed by atoms with Gasteiger partial charge in [-0.2, -0.15) is 0 Å². The fourth-order valence-corrected chi connectivity index (χ4v) is 3.21. The number of fused-ring (bicyclic) bond motifs is 1. The van der Waals surface area contributed by atoms with Crippen LogP contribution in [0.4, 0.5) is 5.82 Å². The quantitative estimate of drug-likeness (QED) is 0.355. The second kappa shape index (κ2) is 7.68. The van der Waals surface area contributed by atoms with Crippen LogP contribution in [-0.4, -0.2) is 38.1 Å². The number of nitrogens with zero attached hydrogens (tertiary/aromatic N) is 3. The maximum Gasteiger partial charge on any atom is 0.332 e. The van der Waals surface area contributed by atoms with E-state index in [2.05, 4.69) is 20.3 Å². The number of ether oxygens (including phenoxy) is 1. The zero-order valence-electron chi connectivity index (χ0n) is 15.9. The van der Waals surface area contributed by atoms with E-state index in [1.165, 1.54) is 16.7 Å². The van der Waals surface area contributed by atoms with E-state index in [1.54, 1.807) is 37.4 Å². The Bertz CT molecular complexity index is 1310. The van der Waals surface area contributed by atoms with Gasteiger partial charge < -0.3 is 25.9 Å². The molecule has 0 saturated carbocycles. The van der Waals surface area contributed by atoms with Gasteiger partial charge in [-0.05, 0) is 35.9 Å². The van der Waals surface area contributed by atoms with E-state index in [0.717, 1.165) is 0 Å². The lowest BCUT2D eigenvalue weighted by molar-refractivity contribution is -0.105. The third-order valence-electron chi connectivity index (χ3n) is 4.58. The first kappa shape index (κ1) is 19.2. The van der Waals surface area contributed by atoms with Gasteiger partial charge in [0.25, 0.3) is 0 Å². The van der Waals surface area contributed by atoms with Crippen molar-refractivity contribution in [2.45, 2.75) is 6.54 Å². The number of hydrogen-bond acceptors (Lipinski definition) is 7. The van der Waals surface area contributed by atoms with Crippen LogP contribution in [0.2, 0.25) is 0 Å². The number of benzene rings is 2. The standard InChI is InChI=1S/C20H18N6O4/c1-30-14-5-6-15(12(8-14)9-21)26-19-16(23-20(26)29)18(22-10-27)24-17(25-19)11-3-2-4-13(28)7-11/h2-8,10,28H,9,21H2,1H3,(H,23,29)(H,22,24,25,27). The molecule has 0 aliphatic heterocycles. The highest BCUT2D eigenvalue weighted by Gasteiger charge is 2.19. The Morgan fingerprint density at radius 3 is 2.80 bits per heavy atom. The Morgan fingerprint density at radius 1 is 1.27 bits per heavy atom. The van der Waals surface area contributed by atoms with Crippen molar-refractivity contribution in [3.05, 3.63) is 58.5 Å². The second-order valence-corrected chi connectivity index (χ2v) is 6.37. The molecule has 152 valence electrons. The number of hydrogen-bond donors (Lipinski definition) is 4. The number of phenols is 1. The summed E-state index contributed by atoms with van der Waals surface area (Å²) in [6, 6.07) is 11.5. The molecular formula is C20H18N6O4. The molecule has 10 heteroatoms. The van der Waals surface area contributed by atoms with E-state index < -0.39 is 5.69 Å². The highest BCUT2D eigenvalue weighted by molar-refractivity contribution is 5.91. The summed E-state index contributed by atoms with van der Waals surface area (Å²) in [5.74, 6) is 0.990. The molecule has 4 rings (SSSR count). The number of rotatable bonds is 6. The minimum atomic E-state index is -0.471. The van der Waals surface area contributed by atoms with Crippen molar-refractivity contribution in [1.29, 1.82) is 0 Å². The van der Waals surface area contributed by atoms with Crippen molar-refractivity contribution in [2.24, 2.45) is 5.73 Å². The molecule has 0 atom stereocenters. The molecule has 0 saturated heterocycles. The number of aromatic nitrogens is 4. The maximum atomic E-state index is 12.8. The third-order valence-corrected chi connectivity index (χ3v) is 4.58. The molecule has 2 aromatic heterocycles. The number of methoxy groups -OCH3 is 1. The number of anilines is 1. The Hall–Kier alpha value is -4.18. The van der Waals surface area contributed by atoms with Gasteiger partial charge in [-0.25, -0.2) is 19.3 Å². The molecule has 0 bridgehead atoms. The predicted molar refractivity (Wildman–Crippen MR) is 111 cm³/mol. The zero-order valence-corrected chi connectivity index (χ0v) is 15.9. The Morgan fingerprint density at radius 2 is 2.10 bits per heavy atom. The van der Waals surface area contributed by atoms with Crippen molar-refractivity contribution < 1.29 is 14.6 Å². The van der Waals surface area contributed by atoms with Crippen molar-refractivity contribution in [3.8, 4) is 28.6 Å². The number of imidazole rings is 1. The van der Waals surface area contributed by atoms with Crippen molar-refractivity contribution >= 4 is 23.4 Å². The Kier molecular flexibility index (Phi) is 4.90. The lowest BCUT2D eigenvalue weighted by Gasteiger charge is -2.11. The van der Waals surface area contributed by atoms with Crippen LogP contribution in [-0.2, 0) is 11.3 Å². The normalized spacial score (nSPS) is 10.9. The molecule has 4 aromatic rings. The molecule has 0 aliphatic rings. The van der Waals surface area contributed by atoms with Gasteiger partial charge in [0.15, 0.2) is 17.3 Å². The molecule has 5 N–H and O–H groups in total. The number of carbonyl (C=O) groups is 1. The van der Waals surface area contributed by atoms with Gasteiger partial charge >= 0.3 is 5.69 Å². The first-order valence-electron chi connectivity index (χ1n) is 8.95. The summed E-state index contributed by atoms with van der Waals surface area (Å²) in [6.45, 7) is 0.162. The van der Waals surface area contributed by atoms with Crippen LogP contribution in [0.3, 0.4) is 0 Å². The van der Waals surface area contributed by atoms with Crippen LogP contribution < -0.4 is 21.5 Å². The summed E-state index contributed by atoms with van der Waals surface area (Å²) in [6.07, 6.45) is 0.461. The van der Waals surface area contributed by atoms with Gasteiger partial charge in [0.1, 0.15) is 17.0 Å². The monoisotopic (exact) mass is 406 g/mol. The number of phenolic OH excluding ortho intramolecular Hbond substituents is 1. The highest BCUT2D eigenvalue weighted by atomic mass is 16.5. The molecule has 0 radical (unpaired) electrons. The largest absolute Gasteiger partial charge is 0.508 e. The SMILES string of the molecule is COc1ccc(-n2c(=O)[nH]c3c(NC=O)nc(-c4cccc(O)c4)nc32)c(CN)c1. The predicted octanol–water partition coefficient (Wildman–Crippen LogP) is 1.52.